The summed E-state index contributed by atoms with van der Waals surface area (Å²) in [5.74, 6) is -0.731. The Morgan fingerprint density at radius 2 is 1.70 bits per heavy atom. The number of ketones is 2. The largest absolute Gasteiger partial charge is 0.293 e. The predicted molar refractivity (Wildman–Crippen MR) is 74.9 cm³/mol. The van der Waals surface area contributed by atoms with Crippen molar-refractivity contribution in [2.24, 2.45) is 5.92 Å². The molecule has 20 heavy (non-hydrogen) atoms. The molecule has 0 saturated heterocycles. The Hall–Kier alpha value is -2.23. The average Bonchev–Trinajstić information content (AvgIpc) is 2.99. The molecule has 0 bridgehead atoms. The summed E-state index contributed by atoms with van der Waals surface area (Å²) in [6.45, 7) is 4.06. The van der Waals surface area contributed by atoms with Gasteiger partial charge in [-0.2, -0.15) is 5.10 Å². The van der Waals surface area contributed by atoms with E-state index in [4.69, 9.17) is 0 Å². The summed E-state index contributed by atoms with van der Waals surface area (Å²) < 4.78 is 1.86. The fourth-order valence-corrected chi connectivity index (χ4v) is 2.77. The van der Waals surface area contributed by atoms with Crippen molar-refractivity contribution >= 4 is 11.6 Å². The minimum atomic E-state index is -0.596. The van der Waals surface area contributed by atoms with Crippen LogP contribution >= 0.6 is 0 Å². The molecule has 0 aliphatic heterocycles. The number of aromatic nitrogens is 2. The van der Waals surface area contributed by atoms with Crippen LogP contribution in [0.25, 0.3) is 0 Å². The van der Waals surface area contributed by atoms with E-state index in [-0.39, 0.29) is 17.6 Å². The van der Waals surface area contributed by atoms with E-state index in [0.29, 0.717) is 17.5 Å². The first-order valence-corrected chi connectivity index (χ1v) is 6.79. The SMILES string of the molecule is CC(C)n1nccc1CC1C(=O)c2ccccc2C1=O. The molecule has 1 heterocycles. The lowest BCUT2D eigenvalue weighted by atomic mass is 9.98. The molecule has 4 nitrogen and oxygen atoms in total. The second-order valence-electron chi connectivity index (χ2n) is 5.39. The zero-order chi connectivity index (χ0) is 14.3. The number of Topliss-reactive ketones (excluding diaryl/α,β-unsaturated/α-hetero) is 2. The molecule has 3 rings (SSSR count). The van der Waals surface area contributed by atoms with Crippen molar-refractivity contribution in [1.29, 1.82) is 0 Å². The van der Waals surface area contributed by atoms with Crippen molar-refractivity contribution in [2.45, 2.75) is 26.3 Å². The Labute approximate surface area is 117 Å². The van der Waals surface area contributed by atoms with Crippen molar-refractivity contribution in [3.63, 3.8) is 0 Å². The van der Waals surface area contributed by atoms with E-state index >= 15 is 0 Å². The zero-order valence-electron chi connectivity index (χ0n) is 11.5. The summed E-state index contributed by atoms with van der Waals surface area (Å²) in [7, 11) is 0. The van der Waals surface area contributed by atoms with Gasteiger partial charge in [-0.3, -0.25) is 14.3 Å². The molecule has 102 valence electrons. The van der Waals surface area contributed by atoms with Gasteiger partial charge in [-0.1, -0.05) is 24.3 Å². The zero-order valence-corrected chi connectivity index (χ0v) is 11.5. The molecular formula is C16H16N2O2. The van der Waals surface area contributed by atoms with Gasteiger partial charge in [-0.25, -0.2) is 0 Å². The molecule has 0 radical (unpaired) electrons. The van der Waals surface area contributed by atoms with Crippen molar-refractivity contribution in [1.82, 2.24) is 9.78 Å². The van der Waals surface area contributed by atoms with Gasteiger partial charge in [-0.05, 0) is 19.9 Å². The molecule has 0 N–H and O–H groups in total. The number of benzene rings is 1. The van der Waals surface area contributed by atoms with E-state index in [1.807, 2.05) is 24.6 Å². The Balaban J connectivity index is 1.92. The molecule has 0 fully saturated rings. The standard InChI is InChI=1S/C16H16N2O2/c1-10(2)18-11(7-8-17-18)9-14-15(19)12-5-3-4-6-13(12)16(14)20/h3-8,10,14H,9H2,1-2H3. The van der Waals surface area contributed by atoms with Crippen LogP contribution in [0.4, 0.5) is 0 Å². The van der Waals surface area contributed by atoms with Gasteiger partial charge < -0.3 is 0 Å². The second-order valence-corrected chi connectivity index (χ2v) is 5.39. The smallest absolute Gasteiger partial charge is 0.174 e. The molecule has 1 aliphatic rings. The van der Waals surface area contributed by atoms with Crippen LogP contribution in [0.1, 0.15) is 46.3 Å². The Morgan fingerprint density at radius 1 is 1.10 bits per heavy atom. The second kappa shape index (κ2) is 4.71. The molecule has 4 heteroatoms. The molecule has 1 aromatic carbocycles. The third kappa shape index (κ3) is 1.88. The number of rotatable bonds is 3. The molecule has 1 aliphatic carbocycles. The quantitative estimate of drug-likeness (QED) is 0.804. The predicted octanol–water partition coefficient (Wildman–Crippen LogP) is 2.70. The van der Waals surface area contributed by atoms with E-state index in [1.54, 1.807) is 30.5 Å². The van der Waals surface area contributed by atoms with Crippen LogP contribution < -0.4 is 0 Å². The third-order valence-electron chi connectivity index (χ3n) is 3.75. The van der Waals surface area contributed by atoms with Crippen LogP contribution in [0.15, 0.2) is 36.5 Å². The van der Waals surface area contributed by atoms with Crippen LogP contribution in [-0.2, 0) is 6.42 Å². The van der Waals surface area contributed by atoms with Gasteiger partial charge in [-0.15, -0.1) is 0 Å². The maximum Gasteiger partial charge on any atom is 0.174 e. The Morgan fingerprint density at radius 3 is 2.25 bits per heavy atom. The van der Waals surface area contributed by atoms with Crippen LogP contribution in [0.5, 0.6) is 0 Å². The maximum absolute atomic E-state index is 12.4. The molecule has 0 spiro atoms. The fraction of sp³-hybridized carbons (Fsp3) is 0.312. The van der Waals surface area contributed by atoms with Crippen molar-refractivity contribution < 1.29 is 9.59 Å². The molecule has 0 amide bonds. The molecular weight excluding hydrogens is 252 g/mol. The van der Waals surface area contributed by atoms with E-state index in [2.05, 4.69) is 5.10 Å². The highest BCUT2D eigenvalue weighted by atomic mass is 16.2. The summed E-state index contributed by atoms with van der Waals surface area (Å²) >= 11 is 0. The average molecular weight is 268 g/mol. The monoisotopic (exact) mass is 268 g/mol. The first-order chi connectivity index (χ1) is 9.59. The normalized spacial score (nSPS) is 15.2. The van der Waals surface area contributed by atoms with Crippen LogP contribution in [-0.4, -0.2) is 21.3 Å². The number of nitrogens with zero attached hydrogens (tertiary/aromatic N) is 2. The van der Waals surface area contributed by atoms with E-state index < -0.39 is 5.92 Å². The fourth-order valence-electron chi connectivity index (χ4n) is 2.77. The summed E-state index contributed by atoms with van der Waals surface area (Å²) in [4.78, 5) is 24.7. The van der Waals surface area contributed by atoms with E-state index in [0.717, 1.165) is 5.69 Å². The summed E-state index contributed by atoms with van der Waals surface area (Å²) in [6.07, 6.45) is 2.14. The minimum absolute atomic E-state index is 0.0675. The number of carbonyl (C=O) groups excluding carboxylic acids is 2. The highest BCUT2D eigenvalue weighted by molar-refractivity contribution is 6.26. The Bertz CT molecular complexity index is 650. The van der Waals surface area contributed by atoms with Gasteiger partial charge in [0.05, 0.1) is 5.92 Å². The highest BCUT2D eigenvalue weighted by Gasteiger charge is 2.38. The van der Waals surface area contributed by atoms with Gasteiger partial charge in [0, 0.05) is 35.5 Å². The number of fused-ring (bicyclic) bond motifs is 1. The molecule has 0 unspecified atom stereocenters. The molecule has 2 aromatic rings. The number of carbonyl (C=O) groups is 2. The first kappa shape index (κ1) is 12.8. The molecule has 0 atom stereocenters. The van der Waals surface area contributed by atoms with Gasteiger partial charge in [0.25, 0.3) is 0 Å². The first-order valence-electron chi connectivity index (χ1n) is 6.79. The van der Waals surface area contributed by atoms with Gasteiger partial charge in [0.2, 0.25) is 0 Å². The summed E-state index contributed by atoms with van der Waals surface area (Å²) in [6, 6.07) is 9.15. The lowest BCUT2D eigenvalue weighted by molar-refractivity contribution is 0.0836. The van der Waals surface area contributed by atoms with Crippen molar-refractivity contribution in [3.05, 3.63) is 53.3 Å². The highest BCUT2D eigenvalue weighted by Crippen LogP contribution is 2.29. The molecule has 0 saturated carbocycles. The van der Waals surface area contributed by atoms with E-state index in [9.17, 15) is 9.59 Å². The number of hydrogen-bond donors (Lipinski definition) is 0. The molecule has 1 aromatic heterocycles. The van der Waals surface area contributed by atoms with Gasteiger partial charge >= 0.3 is 0 Å². The summed E-state index contributed by atoms with van der Waals surface area (Å²) in [5.41, 5.74) is 2.04. The van der Waals surface area contributed by atoms with Crippen molar-refractivity contribution in [2.75, 3.05) is 0 Å². The Kier molecular flexibility index (Phi) is 3.01. The maximum atomic E-state index is 12.4. The van der Waals surface area contributed by atoms with Gasteiger partial charge in [0.15, 0.2) is 11.6 Å². The van der Waals surface area contributed by atoms with Gasteiger partial charge in [0.1, 0.15) is 0 Å². The number of hydrogen-bond acceptors (Lipinski definition) is 3. The topological polar surface area (TPSA) is 52.0 Å². The van der Waals surface area contributed by atoms with Crippen LogP contribution in [0.2, 0.25) is 0 Å². The summed E-state index contributed by atoms with van der Waals surface area (Å²) in [5, 5.41) is 4.25. The minimum Gasteiger partial charge on any atom is -0.293 e. The van der Waals surface area contributed by atoms with E-state index in [1.165, 1.54) is 0 Å². The lowest BCUT2D eigenvalue weighted by Crippen LogP contribution is -2.20. The van der Waals surface area contributed by atoms with Crippen molar-refractivity contribution in [3.8, 4) is 0 Å². The lowest BCUT2D eigenvalue weighted by Gasteiger charge is -2.13. The third-order valence-corrected chi connectivity index (χ3v) is 3.75. The van der Waals surface area contributed by atoms with Crippen LogP contribution in [0, 0.1) is 5.92 Å². The van der Waals surface area contributed by atoms with Crippen LogP contribution in [0.3, 0.4) is 0 Å².